The van der Waals surface area contributed by atoms with Crippen molar-refractivity contribution in [3.8, 4) is 0 Å². The van der Waals surface area contributed by atoms with Gasteiger partial charge >= 0.3 is 0 Å². The van der Waals surface area contributed by atoms with E-state index in [1.807, 2.05) is 0 Å². The summed E-state index contributed by atoms with van der Waals surface area (Å²) in [5, 5.41) is -1.04. The third kappa shape index (κ3) is 3.06. The van der Waals surface area contributed by atoms with Gasteiger partial charge in [-0.15, -0.1) is 22.7 Å². The van der Waals surface area contributed by atoms with Crippen LogP contribution in [0.2, 0.25) is 0 Å². The fourth-order valence-electron chi connectivity index (χ4n) is 2.27. The van der Waals surface area contributed by atoms with E-state index in [1.165, 1.54) is 0 Å². The number of fused-ring (bicyclic) bond motifs is 2. The number of sulfone groups is 2. The number of thiazole rings is 2. The Labute approximate surface area is 151 Å². The minimum absolute atomic E-state index is 0.196. The Morgan fingerprint density at radius 2 is 1.08 bits per heavy atom. The van der Waals surface area contributed by atoms with E-state index in [1.54, 1.807) is 48.5 Å². The van der Waals surface area contributed by atoms with Gasteiger partial charge in [-0.05, 0) is 24.3 Å². The maximum Gasteiger partial charge on any atom is 0.220 e. The molecular formula is C15H10N2O4S4. The molecule has 10 heteroatoms. The van der Waals surface area contributed by atoms with Crippen LogP contribution in [-0.4, -0.2) is 31.9 Å². The highest BCUT2D eigenvalue weighted by Gasteiger charge is 2.31. The van der Waals surface area contributed by atoms with E-state index < -0.39 is 24.8 Å². The zero-order valence-electron chi connectivity index (χ0n) is 12.5. The van der Waals surface area contributed by atoms with Crippen LogP contribution < -0.4 is 0 Å². The summed E-state index contributed by atoms with van der Waals surface area (Å²) >= 11 is 1.93. The summed E-state index contributed by atoms with van der Waals surface area (Å²) in [6.45, 7) is 0. The number of hydrogen-bond acceptors (Lipinski definition) is 8. The molecule has 25 heavy (non-hydrogen) atoms. The van der Waals surface area contributed by atoms with Crippen LogP contribution in [0.25, 0.3) is 20.4 Å². The number of rotatable bonds is 4. The van der Waals surface area contributed by atoms with Gasteiger partial charge in [0.15, 0.2) is 5.08 Å². The molecule has 0 bridgehead atoms. The molecule has 0 aliphatic carbocycles. The third-order valence-corrected chi connectivity index (χ3v) is 10.8. The average molecular weight is 411 g/mol. The van der Waals surface area contributed by atoms with E-state index in [-0.39, 0.29) is 8.68 Å². The Bertz CT molecular complexity index is 1140. The van der Waals surface area contributed by atoms with E-state index in [9.17, 15) is 16.8 Å². The fourth-order valence-corrected chi connectivity index (χ4v) is 9.00. The van der Waals surface area contributed by atoms with Crippen LogP contribution >= 0.6 is 22.7 Å². The molecule has 4 rings (SSSR count). The van der Waals surface area contributed by atoms with Gasteiger partial charge in [-0.2, -0.15) is 0 Å². The molecule has 0 fully saturated rings. The fraction of sp³-hybridized carbons (Fsp3) is 0.0667. The van der Waals surface area contributed by atoms with Crippen LogP contribution in [-0.2, 0) is 19.7 Å². The molecule has 0 atom stereocenters. The summed E-state index contributed by atoms with van der Waals surface area (Å²) < 4.78 is 51.2. The van der Waals surface area contributed by atoms with Crippen molar-refractivity contribution in [1.82, 2.24) is 9.97 Å². The lowest BCUT2D eigenvalue weighted by Gasteiger charge is -2.00. The van der Waals surface area contributed by atoms with Crippen LogP contribution in [0.3, 0.4) is 0 Å². The first-order valence-corrected chi connectivity index (χ1v) is 12.0. The maximum absolute atomic E-state index is 12.6. The van der Waals surface area contributed by atoms with E-state index in [0.29, 0.717) is 20.4 Å². The molecular weight excluding hydrogens is 400 g/mol. The van der Waals surface area contributed by atoms with Crippen molar-refractivity contribution < 1.29 is 16.8 Å². The SMILES string of the molecule is O=S(=O)(CS(=O)(=O)c1nc2ccccc2s1)c1nc2ccccc2s1. The van der Waals surface area contributed by atoms with Crippen LogP contribution in [0.5, 0.6) is 0 Å². The first kappa shape index (κ1) is 16.6. The Morgan fingerprint density at radius 3 is 1.48 bits per heavy atom. The van der Waals surface area contributed by atoms with Crippen LogP contribution in [0.15, 0.2) is 57.2 Å². The predicted octanol–water partition coefficient (Wildman–Crippen LogP) is 3.11. The highest BCUT2D eigenvalue weighted by atomic mass is 32.3. The van der Waals surface area contributed by atoms with E-state index in [4.69, 9.17) is 0 Å². The molecule has 0 saturated heterocycles. The first-order chi connectivity index (χ1) is 11.9. The normalized spacial score (nSPS) is 12.8. The highest BCUT2D eigenvalue weighted by Crippen LogP contribution is 2.30. The summed E-state index contributed by atoms with van der Waals surface area (Å²) in [6.07, 6.45) is 0. The summed E-state index contributed by atoms with van der Waals surface area (Å²) in [5.41, 5.74) is 1.06. The number of hydrogen-bond donors (Lipinski definition) is 0. The monoisotopic (exact) mass is 410 g/mol. The Hall–Kier alpha value is -1.88. The predicted molar refractivity (Wildman–Crippen MR) is 98.5 cm³/mol. The molecule has 2 aromatic heterocycles. The second-order valence-electron chi connectivity index (χ2n) is 5.24. The molecule has 0 unspecified atom stereocenters. The molecule has 0 aliphatic heterocycles. The van der Waals surface area contributed by atoms with Crippen molar-refractivity contribution in [1.29, 1.82) is 0 Å². The van der Waals surface area contributed by atoms with E-state index in [0.717, 1.165) is 22.7 Å². The number of benzene rings is 2. The zero-order chi connectivity index (χ0) is 17.7. The maximum atomic E-state index is 12.6. The highest BCUT2D eigenvalue weighted by molar-refractivity contribution is 8.09. The number of aromatic nitrogens is 2. The van der Waals surface area contributed by atoms with Crippen molar-refractivity contribution >= 4 is 62.8 Å². The summed E-state index contributed by atoms with van der Waals surface area (Å²) in [5.74, 6) is 0. The lowest BCUT2D eigenvalue weighted by Crippen LogP contribution is -2.16. The average Bonchev–Trinajstić information content (AvgIpc) is 3.18. The molecule has 2 heterocycles. The Kier molecular flexibility index (Phi) is 3.87. The van der Waals surface area contributed by atoms with Gasteiger partial charge in [0.1, 0.15) is 0 Å². The summed E-state index contributed by atoms with van der Waals surface area (Å²) in [7, 11) is -8.16. The van der Waals surface area contributed by atoms with E-state index in [2.05, 4.69) is 9.97 Å². The number of nitrogens with zero attached hydrogens (tertiary/aromatic N) is 2. The van der Waals surface area contributed by atoms with Crippen molar-refractivity contribution in [3.05, 3.63) is 48.5 Å². The summed E-state index contributed by atoms with van der Waals surface area (Å²) in [4.78, 5) is 8.11. The summed E-state index contributed by atoms with van der Waals surface area (Å²) in [6, 6.07) is 13.9. The minimum Gasteiger partial charge on any atom is -0.225 e. The quantitative estimate of drug-likeness (QED) is 0.513. The smallest absolute Gasteiger partial charge is 0.220 e. The van der Waals surface area contributed by atoms with Gasteiger partial charge in [0.2, 0.25) is 28.4 Å². The second kappa shape index (κ2) is 5.84. The van der Waals surface area contributed by atoms with E-state index >= 15 is 0 Å². The largest absolute Gasteiger partial charge is 0.225 e. The lowest BCUT2D eigenvalue weighted by atomic mass is 10.3. The van der Waals surface area contributed by atoms with Crippen molar-refractivity contribution in [2.75, 3.05) is 5.08 Å². The Morgan fingerprint density at radius 1 is 0.680 bits per heavy atom. The molecule has 0 saturated carbocycles. The zero-order valence-corrected chi connectivity index (χ0v) is 15.8. The molecule has 0 aliphatic rings. The minimum atomic E-state index is -4.08. The van der Waals surface area contributed by atoms with Crippen LogP contribution in [0.4, 0.5) is 0 Å². The van der Waals surface area contributed by atoms with Gasteiger partial charge < -0.3 is 0 Å². The molecule has 128 valence electrons. The molecule has 2 aromatic carbocycles. The molecule has 0 radical (unpaired) electrons. The molecule has 0 amide bonds. The molecule has 0 spiro atoms. The van der Waals surface area contributed by atoms with Crippen molar-refractivity contribution in [2.24, 2.45) is 0 Å². The second-order valence-corrected chi connectivity index (χ2v) is 12.0. The van der Waals surface area contributed by atoms with Crippen molar-refractivity contribution in [2.45, 2.75) is 8.68 Å². The molecule has 0 N–H and O–H groups in total. The van der Waals surface area contributed by atoms with Crippen LogP contribution in [0, 0.1) is 0 Å². The molecule has 6 nitrogen and oxygen atoms in total. The topological polar surface area (TPSA) is 94.1 Å². The van der Waals surface area contributed by atoms with Gasteiger partial charge in [0.05, 0.1) is 20.4 Å². The standard InChI is InChI=1S/C15H10N2O4S4/c18-24(19,14-16-10-5-1-3-7-12(10)22-14)9-25(20,21)15-17-11-6-2-4-8-13(11)23-15/h1-8H,9H2. The first-order valence-electron chi connectivity index (χ1n) is 7.02. The number of para-hydroxylation sites is 2. The van der Waals surface area contributed by atoms with Gasteiger partial charge in [-0.25, -0.2) is 26.8 Å². The van der Waals surface area contributed by atoms with Gasteiger partial charge in [0, 0.05) is 0 Å². The Balaban J connectivity index is 1.73. The molecule has 4 aromatic rings. The van der Waals surface area contributed by atoms with Gasteiger partial charge in [-0.3, -0.25) is 0 Å². The third-order valence-electron chi connectivity index (χ3n) is 3.39. The van der Waals surface area contributed by atoms with Gasteiger partial charge in [0.25, 0.3) is 0 Å². The lowest BCUT2D eigenvalue weighted by molar-refractivity contribution is 0.588. The van der Waals surface area contributed by atoms with Gasteiger partial charge in [-0.1, -0.05) is 24.3 Å². The van der Waals surface area contributed by atoms with Crippen LogP contribution in [0.1, 0.15) is 0 Å². The van der Waals surface area contributed by atoms with Crippen molar-refractivity contribution in [3.63, 3.8) is 0 Å².